The highest BCUT2D eigenvalue weighted by atomic mass is 16.5. The van der Waals surface area contributed by atoms with Gasteiger partial charge in [-0.15, -0.1) is 0 Å². The van der Waals surface area contributed by atoms with Gasteiger partial charge < -0.3 is 9.84 Å². The Hall–Kier alpha value is -1.43. The minimum absolute atomic E-state index is 0.0226. The molecule has 0 aliphatic heterocycles. The van der Waals surface area contributed by atoms with Crippen LogP contribution in [0.1, 0.15) is 32.0 Å². The number of amides is 1. The van der Waals surface area contributed by atoms with E-state index in [1.165, 1.54) is 0 Å². The monoisotopic (exact) mass is 226 g/mol. The fraction of sp³-hybridized carbons (Fsp3) is 0.700. The van der Waals surface area contributed by atoms with E-state index in [9.17, 15) is 4.79 Å². The molecule has 1 unspecified atom stereocenters. The Bertz CT molecular complexity index is 337. The van der Waals surface area contributed by atoms with Gasteiger partial charge in [0.25, 0.3) is 0 Å². The van der Waals surface area contributed by atoms with Crippen molar-refractivity contribution in [3.8, 4) is 0 Å². The van der Waals surface area contributed by atoms with E-state index in [-0.39, 0.29) is 18.5 Å². The molecule has 6 heteroatoms. The first-order valence-corrected chi connectivity index (χ1v) is 5.41. The van der Waals surface area contributed by atoms with Crippen molar-refractivity contribution in [2.75, 3.05) is 6.54 Å². The first kappa shape index (κ1) is 12.6. The highest BCUT2D eigenvalue weighted by molar-refractivity contribution is 5.78. The lowest BCUT2D eigenvalue weighted by atomic mass is 10.2. The van der Waals surface area contributed by atoms with Gasteiger partial charge in [-0.1, -0.05) is 12.1 Å². The van der Waals surface area contributed by atoms with Gasteiger partial charge in [-0.3, -0.25) is 10.1 Å². The molecule has 0 fully saturated rings. The van der Waals surface area contributed by atoms with E-state index in [0.29, 0.717) is 18.3 Å². The maximum atomic E-state index is 11.4. The van der Waals surface area contributed by atoms with Crippen LogP contribution in [0.3, 0.4) is 0 Å². The Kier molecular flexibility index (Phi) is 4.91. The number of nitrogens with one attached hydrogen (secondary N) is 2. The van der Waals surface area contributed by atoms with Crippen LogP contribution < -0.4 is 10.6 Å². The normalized spacial score (nSPS) is 12.4. The van der Waals surface area contributed by atoms with Crippen molar-refractivity contribution < 1.29 is 9.32 Å². The van der Waals surface area contributed by atoms with Crippen molar-refractivity contribution >= 4 is 5.91 Å². The summed E-state index contributed by atoms with van der Waals surface area (Å²) in [4.78, 5) is 15.4. The SMILES string of the molecule is CCC(C)NC(=O)CNCc1nc(C)no1. The molecule has 0 radical (unpaired) electrons. The molecule has 0 bridgehead atoms. The standard InChI is InChI=1S/C10H18N4O2/c1-4-7(2)12-9(15)5-11-6-10-13-8(3)14-16-10/h7,11H,4-6H2,1-3H3,(H,12,15). The molecule has 16 heavy (non-hydrogen) atoms. The summed E-state index contributed by atoms with van der Waals surface area (Å²) in [5.41, 5.74) is 0. The number of hydrogen-bond acceptors (Lipinski definition) is 5. The van der Waals surface area contributed by atoms with Crippen molar-refractivity contribution in [1.29, 1.82) is 0 Å². The predicted molar refractivity (Wildman–Crippen MR) is 58.6 cm³/mol. The molecule has 2 N–H and O–H groups in total. The van der Waals surface area contributed by atoms with Gasteiger partial charge in [-0.05, 0) is 20.3 Å². The van der Waals surface area contributed by atoms with Crippen LogP contribution in [0.5, 0.6) is 0 Å². The Balaban J connectivity index is 2.18. The fourth-order valence-corrected chi connectivity index (χ4v) is 1.12. The van der Waals surface area contributed by atoms with E-state index in [1.807, 2.05) is 13.8 Å². The third kappa shape index (κ3) is 4.39. The number of carbonyl (C=O) groups excluding carboxylic acids is 1. The maximum absolute atomic E-state index is 11.4. The first-order valence-electron chi connectivity index (χ1n) is 5.41. The summed E-state index contributed by atoms with van der Waals surface area (Å²) in [7, 11) is 0. The average molecular weight is 226 g/mol. The van der Waals surface area contributed by atoms with Crippen molar-refractivity contribution in [2.45, 2.75) is 39.8 Å². The van der Waals surface area contributed by atoms with Gasteiger partial charge in [-0.2, -0.15) is 4.98 Å². The Morgan fingerprint density at radius 1 is 1.56 bits per heavy atom. The van der Waals surface area contributed by atoms with E-state index in [1.54, 1.807) is 6.92 Å². The number of rotatable bonds is 6. The smallest absolute Gasteiger partial charge is 0.240 e. The second-order valence-corrected chi connectivity index (χ2v) is 3.72. The molecule has 90 valence electrons. The summed E-state index contributed by atoms with van der Waals surface area (Å²) in [6.45, 7) is 6.42. The van der Waals surface area contributed by atoms with Gasteiger partial charge in [0.1, 0.15) is 0 Å². The molecule has 0 aliphatic carbocycles. The van der Waals surface area contributed by atoms with Crippen molar-refractivity contribution in [3.63, 3.8) is 0 Å². The lowest BCUT2D eigenvalue weighted by Gasteiger charge is -2.10. The minimum Gasteiger partial charge on any atom is -0.353 e. The summed E-state index contributed by atoms with van der Waals surface area (Å²) in [6, 6.07) is 0.208. The Labute approximate surface area is 94.8 Å². The fourth-order valence-electron chi connectivity index (χ4n) is 1.12. The third-order valence-corrected chi connectivity index (χ3v) is 2.15. The Morgan fingerprint density at radius 2 is 2.31 bits per heavy atom. The van der Waals surface area contributed by atoms with E-state index < -0.39 is 0 Å². The average Bonchev–Trinajstić information content (AvgIpc) is 2.64. The molecule has 0 aromatic carbocycles. The van der Waals surface area contributed by atoms with Crippen LogP contribution in [0.4, 0.5) is 0 Å². The summed E-state index contributed by atoms with van der Waals surface area (Å²) in [5, 5.41) is 9.44. The zero-order valence-electron chi connectivity index (χ0n) is 9.91. The Morgan fingerprint density at radius 3 is 2.88 bits per heavy atom. The van der Waals surface area contributed by atoms with Crippen molar-refractivity contribution in [1.82, 2.24) is 20.8 Å². The molecule has 6 nitrogen and oxygen atoms in total. The second kappa shape index (κ2) is 6.22. The van der Waals surface area contributed by atoms with E-state index in [0.717, 1.165) is 6.42 Å². The number of aryl methyl sites for hydroxylation is 1. The van der Waals surface area contributed by atoms with Crippen molar-refractivity contribution in [2.24, 2.45) is 0 Å². The molecule has 1 atom stereocenters. The van der Waals surface area contributed by atoms with Crippen LogP contribution in [0.15, 0.2) is 4.52 Å². The lowest BCUT2D eigenvalue weighted by molar-refractivity contribution is -0.120. The molecule has 1 aromatic heterocycles. The zero-order valence-corrected chi connectivity index (χ0v) is 9.91. The highest BCUT2D eigenvalue weighted by Crippen LogP contribution is 1.94. The van der Waals surface area contributed by atoms with Gasteiger partial charge in [0.15, 0.2) is 5.82 Å². The van der Waals surface area contributed by atoms with Crippen LogP contribution in [0.25, 0.3) is 0 Å². The summed E-state index contributed by atoms with van der Waals surface area (Å²) in [5.74, 6) is 1.07. The van der Waals surface area contributed by atoms with E-state index >= 15 is 0 Å². The van der Waals surface area contributed by atoms with E-state index in [4.69, 9.17) is 4.52 Å². The summed E-state index contributed by atoms with van der Waals surface area (Å²) in [6.07, 6.45) is 0.925. The molecule has 0 spiro atoms. The predicted octanol–water partition coefficient (Wildman–Crippen LogP) is 0.382. The molecular weight excluding hydrogens is 208 g/mol. The van der Waals surface area contributed by atoms with Gasteiger partial charge in [-0.25, -0.2) is 0 Å². The zero-order chi connectivity index (χ0) is 12.0. The number of aromatic nitrogens is 2. The largest absolute Gasteiger partial charge is 0.353 e. The summed E-state index contributed by atoms with van der Waals surface area (Å²) < 4.78 is 4.89. The van der Waals surface area contributed by atoms with Crippen molar-refractivity contribution in [3.05, 3.63) is 11.7 Å². The highest BCUT2D eigenvalue weighted by Gasteiger charge is 2.06. The van der Waals surface area contributed by atoms with Gasteiger partial charge >= 0.3 is 0 Å². The second-order valence-electron chi connectivity index (χ2n) is 3.72. The van der Waals surface area contributed by atoms with Crippen LogP contribution in [-0.2, 0) is 11.3 Å². The number of carbonyl (C=O) groups is 1. The van der Waals surface area contributed by atoms with Crippen LogP contribution in [-0.4, -0.2) is 28.6 Å². The molecule has 1 amide bonds. The minimum atomic E-state index is -0.0226. The molecular formula is C10H18N4O2. The van der Waals surface area contributed by atoms with E-state index in [2.05, 4.69) is 20.8 Å². The topological polar surface area (TPSA) is 80.0 Å². The lowest BCUT2D eigenvalue weighted by Crippen LogP contribution is -2.38. The van der Waals surface area contributed by atoms with Gasteiger partial charge in [0.05, 0.1) is 13.1 Å². The van der Waals surface area contributed by atoms with Crippen LogP contribution >= 0.6 is 0 Å². The molecule has 0 saturated carbocycles. The quantitative estimate of drug-likeness (QED) is 0.733. The van der Waals surface area contributed by atoms with Crippen LogP contribution in [0.2, 0.25) is 0 Å². The molecule has 1 rings (SSSR count). The maximum Gasteiger partial charge on any atom is 0.240 e. The molecule has 1 heterocycles. The van der Waals surface area contributed by atoms with Gasteiger partial charge in [0, 0.05) is 6.04 Å². The van der Waals surface area contributed by atoms with Crippen LogP contribution in [0, 0.1) is 6.92 Å². The molecule has 0 aliphatic rings. The molecule has 1 aromatic rings. The third-order valence-electron chi connectivity index (χ3n) is 2.15. The number of hydrogen-bond donors (Lipinski definition) is 2. The molecule has 0 saturated heterocycles. The number of nitrogens with zero attached hydrogens (tertiary/aromatic N) is 2. The first-order chi connectivity index (χ1) is 7.61. The summed E-state index contributed by atoms with van der Waals surface area (Å²) >= 11 is 0. The van der Waals surface area contributed by atoms with Gasteiger partial charge in [0.2, 0.25) is 11.8 Å².